The number of rotatable bonds is 4. The average molecular weight is 318 g/mol. The summed E-state index contributed by atoms with van der Waals surface area (Å²) in [5, 5.41) is 1.94. The van der Waals surface area contributed by atoms with Crippen LogP contribution in [0.3, 0.4) is 0 Å². The molecule has 0 bridgehead atoms. The molecule has 0 aliphatic heterocycles. The molecule has 1 aliphatic rings. The molecule has 1 aromatic heterocycles. The molecule has 0 spiro atoms. The maximum absolute atomic E-state index is 5.63. The molecule has 0 N–H and O–H groups in total. The fourth-order valence-corrected chi connectivity index (χ4v) is 4.57. The Morgan fingerprint density at radius 3 is 2.53 bits per heavy atom. The van der Waals surface area contributed by atoms with Gasteiger partial charge in [-0.05, 0) is 32.1 Å². The highest BCUT2D eigenvalue weighted by molar-refractivity contribution is 9.09. The van der Waals surface area contributed by atoms with E-state index in [1.807, 2.05) is 13.8 Å². The van der Waals surface area contributed by atoms with Crippen LogP contribution >= 0.6 is 27.7 Å². The third kappa shape index (κ3) is 3.28. The average Bonchev–Trinajstić information content (AvgIpc) is 2.68. The van der Waals surface area contributed by atoms with E-state index in [-0.39, 0.29) is 0 Å². The number of nitrogens with zero attached hydrogens (tertiary/aromatic N) is 1. The minimum Gasteiger partial charge on any atom is -0.437 e. The van der Waals surface area contributed by atoms with Crippen molar-refractivity contribution < 1.29 is 4.42 Å². The van der Waals surface area contributed by atoms with Crippen molar-refractivity contribution in [1.82, 2.24) is 4.98 Å². The minimum absolute atomic E-state index is 0.458. The van der Waals surface area contributed by atoms with Crippen LogP contribution in [0.25, 0.3) is 0 Å². The van der Waals surface area contributed by atoms with Gasteiger partial charge in [-0.25, -0.2) is 4.98 Å². The molecule has 0 saturated heterocycles. The van der Waals surface area contributed by atoms with E-state index in [1.165, 1.54) is 32.1 Å². The van der Waals surface area contributed by atoms with Crippen LogP contribution in [0.15, 0.2) is 9.64 Å². The number of oxazole rings is 1. The smallest absolute Gasteiger partial charge is 0.256 e. The predicted molar refractivity (Wildman–Crippen MR) is 76.0 cm³/mol. The normalized spacial score (nSPS) is 19.5. The molecule has 4 heteroatoms. The summed E-state index contributed by atoms with van der Waals surface area (Å²) >= 11 is 5.47. The molecule has 2 rings (SSSR count). The fraction of sp³-hybridized carbons (Fsp3) is 0.769. The molecule has 1 aromatic rings. The lowest BCUT2D eigenvalue weighted by molar-refractivity contribution is 0.259. The summed E-state index contributed by atoms with van der Waals surface area (Å²) in [6, 6.07) is 0. The molecule has 17 heavy (non-hydrogen) atoms. The molecule has 0 atom stereocenters. The van der Waals surface area contributed by atoms with Gasteiger partial charge in [-0.1, -0.05) is 47.0 Å². The van der Waals surface area contributed by atoms with E-state index in [0.717, 1.165) is 27.8 Å². The highest BCUT2D eigenvalue weighted by Crippen LogP contribution is 2.41. The van der Waals surface area contributed by atoms with E-state index in [1.54, 1.807) is 11.8 Å². The first-order chi connectivity index (χ1) is 8.15. The molecule has 0 aromatic carbocycles. The van der Waals surface area contributed by atoms with Crippen molar-refractivity contribution in [2.24, 2.45) is 5.41 Å². The van der Waals surface area contributed by atoms with Gasteiger partial charge in [-0.3, -0.25) is 0 Å². The molecule has 1 aliphatic carbocycles. The van der Waals surface area contributed by atoms with E-state index < -0.39 is 0 Å². The fourth-order valence-electron chi connectivity index (χ4n) is 2.34. The summed E-state index contributed by atoms with van der Waals surface area (Å²) in [6.07, 6.45) is 6.82. The lowest BCUT2D eigenvalue weighted by Crippen LogP contribution is -2.28. The van der Waals surface area contributed by atoms with Crippen molar-refractivity contribution in [3.63, 3.8) is 0 Å². The summed E-state index contributed by atoms with van der Waals surface area (Å²) in [4.78, 5) is 4.44. The number of hydrogen-bond donors (Lipinski definition) is 0. The van der Waals surface area contributed by atoms with Crippen LogP contribution < -0.4 is 0 Å². The zero-order valence-corrected chi connectivity index (χ0v) is 13.0. The number of hydrogen-bond acceptors (Lipinski definition) is 3. The van der Waals surface area contributed by atoms with Crippen molar-refractivity contribution >= 4 is 27.7 Å². The van der Waals surface area contributed by atoms with Gasteiger partial charge in [-0.2, -0.15) is 0 Å². The van der Waals surface area contributed by atoms with Gasteiger partial charge < -0.3 is 4.42 Å². The summed E-state index contributed by atoms with van der Waals surface area (Å²) in [5.74, 6) is 2.07. The quantitative estimate of drug-likeness (QED) is 0.593. The zero-order chi connectivity index (χ0) is 12.3. The largest absolute Gasteiger partial charge is 0.437 e. The number of thioether (sulfide) groups is 1. The zero-order valence-electron chi connectivity index (χ0n) is 10.6. The molecule has 1 fully saturated rings. The highest BCUT2D eigenvalue weighted by atomic mass is 79.9. The standard InChI is InChI=1S/C13H20BrNOS/c1-10-11(2)16-12(15-10)17-9-13(8-14)6-4-3-5-7-13/h3-9H2,1-2H3. The van der Waals surface area contributed by atoms with Crippen LogP contribution in [-0.2, 0) is 0 Å². The third-order valence-corrected chi connectivity index (χ3v) is 6.08. The monoisotopic (exact) mass is 317 g/mol. The Bertz CT molecular complexity index is 352. The van der Waals surface area contributed by atoms with E-state index in [4.69, 9.17) is 4.42 Å². The van der Waals surface area contributed by atoms with Crippen molar-refractivity contribution in [1.29, 1.82) is 0 Å². The maximum atomic E-state index is 5.63. The van der Waals surface area contributed by atoms with Gasteiger partial charge in [0.1, 0.15) is 5.76 Å². The predicted octanol–water partition coefficient (Wildman–Crippen LogP) is 4.73. The Morgan fingerprint density at radius 1 is 1.29 bits per heavy atom. The Morgan fingerprint density at radius 2 is 2.00 bits per heavy atom. The first-order valence-electron chi connectivity index (χ1n) is 6.28. The Kier molecular flexibility index (Phi) is 4.59. The van der Waals surface area contributed by atoms with Crippen LogP contribution in [0.1, 0.15) is 43.6 Å². The lowest BCUT2D eigenvalue weighted by Gasteiger charge is -2.35. The molecular weight excluding hydrogens is 298 g/mol. The van der Waals surface area contributed by atoms with Gasteiger partial charge in [0, 0.05) is 11.1 Å². The maximum Gasteiger partial charge on any atom is 0.256 e. The van der Waals surface area contributed by atoms with Crippen molar-refractivity contribution in [2.45, 2.75) is 51.2 Å². The SMILES string of the molecule is Cc1nc(SCC2(CBr)CCCCC2)oc1C. The molecule has 0 amide bonds. The number of alkyl halides is 1. The van der Waals surface area contributed by atoms with Crippen molar-refractivity contribution in [3.8, 4) is 0 Å². The first-order valence-corrected chi connectivity index (χ1v) is 8.39. The second-order valence-electron chi connectivity index (χ2n) is 5.10. The van der Waals surface area contributed by atoms with Crippen molar-refractivity contribution in [3.05, 3.63) is 11.5 Å². The van der Waals surface area contributed by atoms with E-state index in [2.05, 4.69) is 20.9 Å². The lowest BCUT2D eigenvalue weighted by atomic mass is 9.77. The van der Waals surface area contributed by atoms with E-state index in [0.29, 0.717) is 5.41 Å². The number of halogens is 1. The molecular formula is C13H20BrNOS. The van der Waals surface area contributed by atoms with Crippen LogP contribution in [-0.4, -0.2) is 16.1 Å². The Hall–Kier alpha value is 0.0400. The second-order valence-corrected chi connectivity index (χ2v) is 6.59. The Labute approximate surface area is 116 Å². The molecule has 1 heterocycles. The molecule has 0 unspecified atom stereocenters. The number of aromatic nitrogens is 1. The number of aryl methyl sites for hydroxylation is 2. The van der Waals surface area contributed by atoms with Gasteiger partial charge in [0.15, 0.2) is 0 Å². The topological polar surface area (TPSA) is 26.0 Å². The summed E-state index contributed by atoms with van der Waals surface area (Å²) in [5.41, 5.74) is 1.48. The van der Waals surface area contributed by atoms with Crippen molar-refractivity contribution in [2.75, 3.05) is 11.1 Å². The summed E-state index contributed by atoms with van der Waals surface area (Å²) in [6.45, 7) is 3.98. The van der Waals surface area contributed by atoms with Gasteiger partial charge >= 0.3 is 0 Å². The second kappa shape index (κ2) is 5.79. The Balaban J connectivity index is 1.95. The van der Waals surface area contributed by atoms with Crippen LogP contribution in [0, 0.1) is 19.3 Å². The summed E-state index contributed by atoms with van der Waals surface area (Å²) in [7, 11) is 0. The molecule has 2 nitrogen and oxygen atoms in total. The summed E-state index contributed by atoms with van der Waals surface area (Å²) < 4.78 is 5.63. The minimum atomic E-state index is 0.458. The van der Waals surface area contributed by atoms with Gasteiger partial charge in [-0.15, -0.1) is 0 Å². The first kappa shape index (κ1) is 13.5. The van der Waals surface area contributed by atoms with Crippen LogP contribution in [0.5, 0.6) is 0 Å². The third-order valence-electron chi connectivity index (χ3n) is 3.71. The van der Waals surface area contributed by atoms with Crippen LogP contribution in [0.4, 0.5) is 0 Å². The van der Waals surface area contributed by atoms with E-state index >= 15 is 0 Å². The van der Waals surface area contributed by atoms with Gasteiger partial charge in [0.25, 0.3) is 5.22 Å². The van der Waals surface area contributed by atoms with Gasteiger partial charge in [0.2, 0.25) is 0 Å². The molecule has 0 radical (unpaired) electrons. The van der Waals surface area contributed by atoms with Gasteiger partial charge in [0.05, 0.1) is 5.69 Å². The molecule has 96 valence electrons. The molecule has 1 saturated carbocycles. The highest BCUT2D eigenvalue weighted by Gasteiger charge is 2.31. The van der Waals surface area contributed by atoms with Crippen LogP contribution in [0.2, 0.25) is 0 Å². The van der Waals surface area contributed by atoms with E-state index in [9.17, 15) is 0 Å².